The highest BCUT2D eigenvalue weighted by molar-refractivity contribution is 5.80. The van der Waals surface area contributed by atoms with E-state index in [1.54, 1.807) is 6.26 Å². The number of hydrogen-bond acceptors (Lipinski definition) is 4. The summed E-state index contributed by atoms with van der Waals surface area (Å²) >= 11 is 0. The normalized spacial score (nSPS) is 24.9. The van der Waals surface area contributed by atoms with Gasteiger partial charge in [0.25, 0.3) is 0 Å². The fourth-order valence-corrected chi connectivity index (χ4v) is 4.47. The van der Waals surface area contributed by atoms with Crippen LogP contribution in [0.15, 0.2) is 27.8 Å². The lowest BCUT2D eigenvalue weighted by Gasteiger charge is -2.35. The summed E-state index contributed by atoms with van der Waals surface area (Å²) in [5, 5.41) is 3.74. The maximum atomic E-state index is 6.13. The van der Waals surface area contributed by atoms with Gasteiger partial charge in [0.05, 0.1) is 25.1 Å². The van der Waals surface area contributed by atoms with Crippen molar-refractivity contribution >= 4 is 5.96 Å². The van der Waals surface area contributed by atoms with Crippen LogP contribution in [0.1, 0.15) is 57.1 Å². The molecule has 1 N–H and O–H groups in total. The molecular weight excluding hydrogens is 354 g/mol. The van der Waals surface area contributed by atoms with E-state index in [1.807, 2.05) is 12.1 Å². The zero-order valence-electron chi connectivity index (χ0n) is 17.0. The molecule has 0 aromatic carbocycles. The van der Waals surface area contributed by atoms with Gasteiger partial charge in [-0.1, -0.05) is 12.8 Å². The molecule has 0 bridgehead atoms. The molecule has 1 aromatic heterocycles. The van der Waals surface area contributed by atoms with Crippen LogP contribution in [0.25, 0.3) is 0 Å². The number of aliphatic imine (C=N–C) groups is 1. The predicted molar refractivity (Wildman–Crippen MR) is 110 cm³/mol. The summed E-state index contributed by atoms with van der Waals surface area (Å²) in [6, 6.07) is 4.55. The lowest BCUT2D eigenvalue weighted by Crippen LogP contribution is -2.49. The van der Waals surface area contributed by atoms with Crippen molar-refractivity contribution in [2.75, 3.05) is 32.8 Å². The fourth-order valence-electron chi connectivity index (χ4n) is 4.47. The minimum absolute atomic E-state index is 0.320. The van der Waals surface area contributed by atoms with E-state index in [0.29, 0.717) is 18.2 Å². The van der Waals surface area contributed by atoms with Crippen LogP contribution in [0, 0.1) is 0 Å². The summed E-state index contributed by atoms with van der Waals surface area (Å²) in [6.45, 7) is 4.44. The average Bonchev–Trinajstić information content (AvgIpc) is 3.49. The number of nitrogens with one attached hydrogen (secondary N) is 1. The second-order valence-electron chi connectivity index (χ2n) is 8.32. The molecular formula is C22H35N3O3. The Morgan fingerprint density at radius 3 is 2.71 bits per heavy atom. The van der Waals surface area contributed by atoms with Crippen molar-refractivity contribution in [3.05, 3.63) is 24.2 Å². The van der Waals surface area contributed by atoms with E-state index in [2.05, 4.69) is 10.2 Å². The molecule has 1 aliphatic carbocycles. The van der Waals surface area contributed by atoms with Gasteiger partial charge in [0.1, 0.15) is 5.76 Å². The molecule has 0 spiro atoms. The first kappa shape index (κ1) is 19.8. The van der Waals surface area contributed by atoms with Crippen LogP contribution in [0.5, 0.6) is 0 Å². The Labute approximate surface area is 168 Å². The van der Waals surface area contributed by atoms with Crippen LogP contribution >= 0.6 is 0 Å². The lowest BCUT2D eigenvalue weighted by molar-refractivity contribution is -0.0367. The van der Waals surface area contributed by atoms with E-state index in [9.17, 15) is 0 Å². The van der Waals surface area contributed by atoms with Gasteiger partial charge in [-0.15, -0.1) is 0 Å². The molecule has 1 unspecified atom stereocenters. The highest BCUT2D eigenvalue weighted by Gasteiger charge is 2.26. The largest absolute Gasteiger partial charge is 0.469 e. The highest BCUT2D eigenvalue weighted by Crippen LogP contribution is 2.20. The van der Waals surface area contributed by atoms with Crippen molar-refractivity contribution in [1.82, 2.24) is 10.2 Å². The molecule has 2 saturated heterocycles. The van der Waals surface area contributed by atoms with E-state index in [-0.39, 0.29) is 0 Å². The van der Waals surface area contributed by atoms with E-state index in [0.717, 1.165) is 70.3 Å². The number of likely N-dealkylation sites (tertiary alicyclic amines) is 1. The van der Waals surface area contributed by atoms with Gasteiger partial charge in [0.15, 0.2) is 5.96 Å². The van der Waals surface area contributed by atoms with E-state index < -0.39 is 0 Å². The Morgan fingerprint density at radius 2 is 2.00 bits per heavy atom. The number of nitrogens with zero attached hydrogens (tertiary/aromatic N) is 2. The molecule has 3 aliphatic rings. The van der Waals surface area contributed by atoms with Gasteiger partial charge >= 0.3 is 0 Å². The minimum atomic E-state index is 0.320. The summed E-state index contributed by atoms with van der Waals surface area (Å²) in [5.41, 5.74) is 0. The molecule has 0 radical (unpaired) electrons. The molecule has 1 saturated carbocycles. The third kappa shape index (κ3) is 5.74. The van der Waals surface area contributed by atoms with Crippen LogP contribution in [0.3, 0.4) is 0 Å². The van der Waals surface area contributed by atoms with Crippen molar-refractivity contribution in [3.63, 3.8) is 0 Å². The topological polar surface area (TPSA) is 59.2 Å². The van der Waals surface area contributed by atoms with Gasteiger partial charge in [0, 0.05) is 38.7 Å². The zero-order chi connectivity index (χ0) is 19.0. The summed E-state index contributed by atoms with van der Waals surface area (Å²) in [7, 11) is 0. The Bertz CT molecular complexity index is 584. The molecule has 6 nitrogen and oxygen atoms in total. The SMILES string of the molecule is c1coc(CCN=C(NC2CCCC2)N2CCC(OCC3CCCO3)CC2)c1. The van der Waals surface area contributed by atoms with Crippen LogP contribution in [0.4, 0.5) is 0 Å². The van der Waals surface area contributed by atoms with Gasteiger partial charge in [-0.3, -0.25) is 4.99 Å². The van der Waals surface area contributed by atoms with Crippen molar-refractivity contribution in [2.24, 2.45) is 4.99 Å². The number of guanidine groups is 1. The van der Waals surface area contributed by atoms with E-state index >= 15 is 0 Å². The molecule has 2 aliphatic heterocycles. The number of furan rings is 1. The Kier molecular flexibility index (Phi) is 7.28. The Hall–Kier alpha value is -1.53. The molecule has 3 fully saturated rings. The van der Waals surface area contributed by atoms with Crippen molar-refractivity contribution in [2.45, 2.75) is 76.0 Å². The second kappa shape index (κ2) is 10.3. The molecule has 1 atom stereocenters. The summed E-state index contributed by atoms with van der Waals surface area (Å²) in [4.78, 5) is 7.35. The average molecular weight is 390 g/mol. The molecule has 0 amide bonds. The van der Waals surface area contributed by atoms with Gasteiger partial charge in [0.2, 0.25) is 0 Å². The number of piperidine rings is 1. The highest BCUT2D eigenvalue weighted by atomic mass is 16.5. The molecule has 6 heteroatoms. The third-order valence-electron chi connectivity index (χ3n) is 6.17. The third-order valence-corrected chi connectivity index (χ3v) is 6.17. The van der Waals surface area contributed by atoms with Gasteiger partial charge < -0.3 is 24.1 Å². The molecule has 3 heterocycles. The van der Waals surface area contributed by atoms with Crippen LogP contribution in [-0.4, -0.2) is 62.0 Å². The number of rotatable bonds is 7. The molecule has 156 valence electrons. The molecule has 28 heavy (non-hydrogen) atoms. The number of hydrogen-bond donors (Lipinski definition) is 1. The molecule has 1 aromatic rings. The first-order valence-electron chi connectivity index (χ1n) is 11.2. The lowest BCUT2D eigenvalue weighted by atomic mass is 10.1. The second-order valence-corrected chi connectivity index (χ2v) is 8.32. The maximum absolute atomic E-state index is 6.13. The summed E-state index contributed by atoms with van der Waals surface area (Å²) in [6.07, 6.45) is 12.9. The van der Waals surface area contributed by atoms with Gasteiger partial charge in [-0.05, 0) is 50.7 Å². The predicted octanol–water partition coefficient (Wildman–Crippen LogP) is 3.37. The van der Waals surface area contributed by atoms with E-state index in [4.69, 9.17) is 18.9 Å². The first-order chi connectivity index (χ1) is 13.9. The minimum Gasteiger partial charge on any atom is -0.469 e. The smallest absolute Gasteiger partial charge is 0.194 e. The van der Waals surface area contributed by atoms with Crippen molar-refractivity contribution < 1.29 is 13.9 Å². The van der Waals surface area contributed by atoms with Crippen molar-refractivity contribution in [1.29, 1.82) is 0 Å². The Morgan fingerprint density at radius 1 is 1.14 bits per heavy atom. The summed E-state index contributed by atoms with van der Waals surface area (Å²) < 4.78 is 17.3. The van der Waals surface area contributed by atoms with Gasteiger partial charge in [-0.25, -0.2) is 0 Å². The van der Waals surface area contributed by atoms with Crippen LogP contribution in [0.2, 0.25) is 0 Å². The van der Waals surface area contributed by atoms with Gasteiger partial charge in [-0.2, -0.15) is 0 Å². The fraction of sp³-hybridized carbons (Fsp3) is 0.773. The quantitative estimate of drug-likeness (QED) is 0.572. The first-order valence-corrected chi connectivity index (χ1v) is 11.2. The van der Waals surface area contributed by atoms with Crippen molar-refractivity contribution in [3.8, 4) is 0 Å². The number of ether oxygens (including phenoxy) is 2. The standard InChI is InChI=1S/C22H35N3O3/c1-2-6-18(5-1)24-22(23-12-9-19-7-3-15-26-19)25-13-10-20(11-14-25)28-17-21-8-4-16-27-21/h3,7,15,18,20-21H,1-2,4-6,8-14,16-17H2,(H,23,24). The van der Waals surface area contributed by atoms with E-state index in [1.165, 1.54) is 32.1 Å². The maximum Gasteiger partial charge on any atom is 0.194 e. The summed E-state index contributed by atoms with van der Waals surface area (Å²) in [5.74, 6) is 2.08. The molecule has 4 rings (SSSR count). The Balaban J connectivity index is 1.26. The zero-order valence-corrected chi connectivity index (χ0v) is 17.0. The van der Waals surface area contributed by atoms with Crippen LogP contribution in [-0.2, 0) is 15.9 Å². The monoisotopic (exact) mass is 389 g/mol. The van der Waals surface area contributed by atoms with Crippen LogP contribution < -0.4 is 5.32 Å².